The lowest BCUT2D eigenvalue weighted by molar-refractivity contribution is -0.132. The second-order valence-electron chi connectivity index (χ2n) is 5.65. The first-order valence-electron chi connectivity index (χ1n) is 7.67. The van der Waals surface area contributed by atoms with Crippen LogP contribution in [0.3, 0.4) is 0 Å². The van der Waals surface area contributed by atoms with E-state index in [1.165, 1.54) is 4.31 Å². The number of piperazine rings is 1. The van der Waals surface area contributed by atoms with Gasteiger partial charge in [0.2, 0.25) is 15.9 Å². The van der Waals surface area contributed by atoms with Crippen molar-refractivity contribution in [1.82, 2.24) is 19.4 Å². The standard InChI is InChI=1S/C14H24N4O3S/c1-4-5-6-13(19)17-7-9-18(10-8-17)22(20,21)14-11(2)15-16-12(14)3/h4-10H2,1-3H3,(H,15,16). The van der Waals surface area contributed by atoms with Gasteiger partial charge in [-0.05, 0) is 20.3 Å². The molecule has 0 aromatic carbocycles. The van der Waals surface area contributed by atoms with Gasteiger partial charge in [0.1, 0.15) is 4.90 Å². The SMILES string of the molecule is CCCCC(=O)N1CCN(S(=O)(=O)c2c(C)n[nH]c2C)CC1. The zero-order valence-electron chi connectivity index (χ0n) is 13.4. The lowest BCUT2D eigenvalue weighted by Crippen LogP contribution is -2.50. The maximum absolute atomic E-state index is 12.7. The van der Waals surface area contributed by atoms with E-state index in [2.05, 4.69) is 10.2 Å². The molecule has 1 aliphatic heterocycles. The van der Waals surface area contributed by atoms with Crippen LogP contribution in [0.5, 0.6) is 0 Å². The largest absolute Gasteiger partial charge is 0.340 e. The number of sulfonamides is 1. The number of rotatable bonds is 5. The molecule has 2 rings (SSSR count). The van der Waals surface area contributed by atoms with Crippen LogP contribution < -0.4 is 0 Å². The Bertz CT molecular complexity index is 611. The van der Waals surface area contributed by atoms with E-state index in [-0.39, 0.29) is 10.8 Å². The summed E-state index contributed by atoms with van der Waals surface area (Å²) >= 11 is 0. The molecule has 22 heavy (non-hydrogen) atoms. The van der Waals surface area contributed by atoms with Crippen LogP contribution in [0.15, 0.2) is 4.90 Å². The van der Waals surface area contributed by atoms with Crippen molar-refractivity contribution in [2.45, 2.75) is 44.9 Å². The highest BCUT2D eigenvalue weighted by Crippen LogP contribution is 2.22. The highest BCUT2D eigenvalue weighted by atomic mass is 32.2. The molecule has 1 aliphatic rings. The third-order valence-corrected chi connectivity index (χ3v) is 6.16. The molecule has 2 heterocycles. The summed E-state index contributed by atoms with van der Waals surface area (Å²) in [4.78, 5) is 14.0. The molecule has 1 N–H and O–H groups in total. The summed E-state index contributed by atoms with van der Waals surface area (Å²) in [6.45, 7) is 7.02. The lowest BCUT2D eigenvalue weighted by atomic mass is 10.2. The second kappa shape index (κ2) is 6.78. The van der Waals surface area contributed by atoms with Crippen LogP contribution in [0.25, 0.3) is 0 Å². The van der Waals surface area contributed by atoms with Gasteiger partial charge in [-0.3, -0.25) is 9.89 Å². The van der Waals surface area contributed by atoms with E-state index in [0.29, 0.717) is 44.0 Å². The number of carbonyl (C=O) groups excluding carboxylic acids is 1. The summed E-state index contributed by atoms with van der Waals surface area (Å²) in [6, 6.07) is 0. The Morgan fingerprint density at radius 1 is 1.23 bits per heavy atom. The number of nitrogens with zero attached hydrogens (tertiary/aromatic N) is 3. The minimum absolute atomic E-state index is 0.120. The summed E-state index contributed by atoms with van der Waals surface area (Å²) in [5.74, 6) is 0.120. The summed E-state index contributed by atoms with van der Waals surface area (Å²) in [7, 11) is -3.54. The first kappa shape index (κ1) is 17.0. The molecule has 0 spiro atoms. The van der Waals surface area contributed by atoms with Crippen molar-refractivity contribution in [2.24, 2.45) is 0 Å². The summed E-state index contributed by atoms with van der Waals surface area (Å²) in [5.41, 5.74) is 1.04. The third kappa shape index (κ3) is 3.33. The minimum atomic E-state index is -3.54. The van der Waals surface area contributed by atoms with Crippen molar-refractivity contribution in [3.63, 3.8) is 0 Å². The number of H-pyrrole nitrogens is 1. The van der Waals surface area contributed by atoms with E-state index >= 15 is 0 Å². The molecule has 0 aliphatic carbocycles. The minimum Gasteiger partial charge on any atom is -0.340 e. The fourth-order valence-electron chi connectivity index (χ4n) is 2.71. The monoisotopic (exact) mass is 328 g/mol. The Morgan fingerprint density at radius 3 is 2.36 bits per heavy atom. The number of nitrogens with one attached hydrogen (secondary N) is 1. The van der Waals surface area contributed by atoms with Gasteiger partial charge in [-0.2, -0.15) is 9.40 Å². The van der Waals surface area contributed by atoms with Crippen LogP contribution in [0.4, 0.5) is 0 Å². The molecular formula is C14H24N4O3S. The van der Waals surface area contributed by atoms with Gasteiger partial charge in [-0.25, -0.2) is 8.42 Å². The molecule has 1 amide bonds. The highest BCUT2D eigenvalue weighted by molar-refractivity contribution is 7.89. The number of aryl methyl sites for hydroxylation is 2. The van der Waals surface area contributed by atoms with Gasteiger partial charge >= 0.3 is 0 Å². The van der Waals surface area contributed by atoms with Crippen molar-refractivity contribution >= 4 is 15.9 Å². The van der Waals surface area contributed by atoms with E-state index < -0.39 is 10.0 Å². The quantitative estimate of drug-likeness (QED) is 0.875. The van der Waals surface area contributed by atoms with Gasteiger partial charge in [0.25, 0.3) is 0 Å². The van der Waals surface area contributed by atoms with Crippen LogP contribution in [-0.4, -0.2) is 59.9 Å². The highest BCUT2D eigenvalue weighted by Gasteiger charge is 2.33. The predicted molar refractivity (Wildman–Crippen MR) is 82.9 cm³/mol. The molecule has 0 saturated carbocycles. The Hall–Kier alpha value is -1.41. The average Bonchev–Trinajstić information content (AvgIpc) is 2.84. The van der Waals surface area contributed by atoms with E-state index in [9.17, 15) is 13.2 Å². The van der Waals surface area contributed by atoms with Gasteiger partial charge in [-0.1, -0.05) is 13.3 Å². The molecule has 0 radical (unpaired) electrons. The second-order valence-corrected chi connectivity index (χ2v) is 7.53. The van der Waals surface area contributed by atoms with Gasteiger partial charge in [0.05, 0.1) is 11.4 Å². The first-order valence-corrected chi connectivity index (χ1v) is 9.11. The number of hydrogen-bond donors (Lipinski definition) is 1. The molecular weight excluding hydrogens is 304 g/mol. The molecule has 1 aromatic heterocycles. The van der Waals surface area contributed by atoms with Gasteiger partial charge in [-0.15, -0.1) is 0 Å². The Kier molecular flexibility index (Phi) is 5.23. The number of carbonyl (C=O) groups is 1. The van der Waals surface area contributed by atoms with Gasteiger partial charge < -0.3 is 4.90 Å². The van der Waals surface area contributed by atoms with E-state index in [1.54, 1.807) is 18.7 Å². The van der Waals surface area contributed by atoms with E-state index in [1.807, 2.05) is 6.92 Å². The predicted octanol–water partition coefficient (Wildman–Crippen LogP) is 1.05. The molecule has 0 atom stereocenters. The van der Waals surface area contributed by atoms with Crippen LogP contribution in [-0.2, 0) is 14.8 Å². The molecule has 0 bridgehead atoms. The maximum Gasteiger partial charge on any atom is 0.246 e. The van der Waals surface area contributed by atoms with Crippen LogP contribution in [0.2, 0.25) is 0 Å². The number of aromatic nitrogens is 2. The van der Waals surface area contributed by atoms with Crippen LogP contribution in [0, 0.1) is 13.8 Å². The molecule has 0 unspecified atom stereocenters. The fourth-order valence-corrected chi connectivity index (χ4v) is 4.47. The summed E-state index contributed by atoms with van der Waals surface area (Å²) < 4.78 is 26.8. The molecule has 8 heteroatoms. The Balaban J connectivity index is 2.04. The lowest BCUT2D eigenvalue weighted by Gasteiger charge is -2.34. The average molecular weight is 328 g/mol. The molecule has 124 valence electrons. The smallest absolute Gasteiger partial charge is 0.246 e. The van der Waals surface area contributed by atoms with Crippen LogP contribution >= 0.6 is 0 Å². The Morgan fingerprint density at radius 2 is 1.86 bits per heavy atom. The zero-order valence-corrected chi connectivity index (χ0v) is 14.2. The fraction of sp³-hybridized carbons (Fsp3) is 0.714. The number of hydrogen-bond acceptors (Lipinski definition) is 4. The maximum atomic E-state index is 12.7. The summed E-state index contributed by atoms with van der Waals surface area (Å²) in [5, 5.41) is 6.67. The Labute approximate surface area is 131 Å². The van der Waals surface area contributed by atoms with Crippen molar-refractivity contribution in [3.05, 3.63) is 11.4 Å². The molecule has 1 saturated heterocycles. The number of unbranched alkanes of at least 4 members (excludes halogenated alkanes) is 1. The first-order chi connectivity index (χ1) is 10.4. The van der Waals surface area contributed by atoms with Crippen molar-refractivity contribution < 1.29 is 13.2 Å². The van der Waals surface area contributed by atoms with Gasteiger partial charge in [0, 0.05) is 32.6 Å². The van der Waals surface area contributed by atoms with E-state index in [4.69, 9.17) is 0 Å². The van der Waals surface area contributed by atoms with Crippen molar-refractivity contribution in [2.75, 3.05) is 26.2 Å². The zero-order chi connectivity index (χ0) is 16.3. The third-order valence-electron chi connectivity index (χ3n) is 3.99. The molecule has 7 nitrogen and oxygen atoms in total. The van der Waals surface area contributed by atoms with Gasteiger partial charge in [0.15, 0.2) is 0 Å². The normalized spacial score (nSPS) is 17.0. The number of aromatic amines is 1. The molecule has 1 fully saturated rings. The van der Waals surface area contributed by atoms with E-state index in [0.717, 1.165) is 12.8 Å². The molecule has 1 aromatic rings. The van der Waals surface area contributed by atoms with Crippen molar-refractivity contribution in [3.8, 4) is 0 Å². The van der Waals surface area contributed by atoms with Crippen LogP contribution in [0.1, 0.15) is 37.6 Å². The topological polar surface area (TPSA) is 86.4 Å². The summed E-state index contributed by atoms with van der Waals surface area (Å²) in [6.07, 6.45) is 2.41. The van der Waals surface area contributed by atoms with Crippen molar-refractivity contribution in [1.29, 1.82) is 0 Å². The number of amides is 1.